The van der Waals surface area contributed by atoms with Gasteiger partial charge >= 0.3 is 6.09 Å². The van der Waals surface area contributed by atoms with E-state index in [1.807, 2.05) is 13.8 Å². The largest absolute Gasteiger partial charge is 0.445 e. The van der Waals surface area contributed by atoms with E-state index in [0.717, 1.165) is 16.7 Å². The van der Waals surface area contributed by atoms with Crippen LogP contribution in [-0.2, 0) is 11.3 Å². The predicted molar refractivity (Wildman–Crippen MR) is 55.0 cm³/mol. The van der Waals surface area contributed by atoms with Gasteiger partial charge in [0, 0.05) is 0 Å². The van der Waals surface area contributed by atoms with Gasteiger partial charge in [-0.2, -0.15) is 5.26 Å². The van der Waals surface area contributed by atoms with E-state index in [4.69, 9.17) is 15.7 Å². The number of amides is 1. The summed E-state index contributed by atoms with van der Waals surface area (Å²) >= 11 is 0. The fourth-order valence-electron chi connectivity index (χ4n) is 1.43. The highest BCUT2D eigenvalue weighted by molar-refractivity contribution is 5.64. The molecule has 0 spiro atoms. The molecule has 4 nitrogen and oxygen atoms in total. The summed E-state index contributed by atoms with van der Waals surface area (Å²) in [5, 5.41) is 8.74. The predicted octanol–water partition coefficient (Wildman–Crippen LogP) is 1.77. The summed E-state index contributed by atoms with van der Waals surface area (Å²) < 4.78 is 4.72. The number of benzene rings is 1. The van der Waals surface area contributed by atoms with E-state index >= 15 is 0 Å². The maximum atomic E-state index is 10.5. The van der Waals surface area contributed by atoms with Crippen molar-refractivity contribution in [2.75, 3.05) is 0 Å². The van der Waals surface area contributed by atoms with Crippen molar-refractivity contribution in [2.45, 2.75) is 20.5 Å². The zero-order valence-electron chi connectivity index (χ0n) is 8.70. The molecule has 0 aliphatic heterocycles. The van der Waals surface area contributed by atoms with Crippen LogP contribution in [0.1, 0.15) is 22.3 Å². The lowest BCUT2D eigenvalue weighted by Crippen LogP contribution is -2.13. The van der Waals surface area contributed by atoms with Gasteiger partial charge in [-0.15, -0.1) is 0 Å². The number of ether oxygens (including phenoxy) is 1. The first-order chi connectivity index (χ1) is 7.04. The van der Waals surface area contributed by atoms with Crippen molar-refractivity contribution in [3.05, 3.63) is 34.4 Å². The van der Waals surface area contributed by atoms with Gasteiger partial charge in [0.15, 0.2) is 0 Å². The number of rotatable bonds is 2. The number of nitrogens with zero attached hydrogens (tertiary/aromatic N) is 1. The van der Waals surface area contributed by atoms with E-state index in [9.17, 15) is 4.79 Å². The minimum atomic E-state index is -0.793. The molecular formula is C11H12N2O2. The van der Waals surface area contributed by atoms with Crippen molar-refractivity contribution in [3.63, 3.8) is 0 Å². The van der Waals surface area contributed by atoms with Crippen molar-refractivity contribution in [1.82, 2.24) is 0 Å². The molecule has 0 heterocycles. The molecule has 4 heteroatoms. The molecule has 0 bridgehead atoms. The molecule has 0 saturated carbocycles. The molecule has 78 valence electrons. The van der Waals surface area contributed by atoms with E-state index in [-0.39, 0.29) is 6.61 Å². The lowest BCUT2D eigenvalue weighted by atomic mass is 10.0. The SMILES string of the molecule is Cc1cc(C#N)cc(C)c1COC(N)=O. The second kappa shape index (κ2) is 4.47. The van der Waals surface area contributed by atoms with Crippen LogP contribution >= 0.6 is 0 Å². The number of nitriles is 1. The van der Waals surface area contributed by atoms with Gasteiger partial charge in [0.25, 0.3) is 0 Å². The average Bonchev–Trinajstić information content (AvgIpc) is 2.15. The maximum absolute atomic E-state index is 10.5. The lowest BCUT2D eigenvalue weighted by molar-refractivity contribution is 0.150. The third-order valence-corrected chi connectivity index (χ3v) is 2.18. The molecule has 1 aromatic rings. The average molecular weight is 204 g/mol. The van der Waals surface area contributed by atoms with Gasteiger partial charge in [-0.1, -0.05) is 0 Å². The van der Waals surface area contributed by atoms with Crippen LogP contribution in [0.2, 0.25) is 0 Å². The lowest BCUT2D eigenvalue weighted by Gasteiger charge is -2.09. The van der Waals surface area contributed by atoms with Gasteiger partial charge in [-0.05, 0) is 42.7 Å². The van der Waals surface area contributed by atoms with Crippen LogP contribution in [0.3, 0.4) is 0 Å². The monoisotopic (exact) mass is 204 g/mol. The highest BCUT2D eigenvalue weighted by Gasteiger charge is 2.06. The molecule has 0 atom stereocenters. The van der Waals surface area contributed by atoms with Gasteiger partial charge in [-0.3, -0.25) is 0 Å². The number of carbonyl (C=O) groups excluding carboxylic acids is 1. The Kier molecular flexibility index (Phi) is 3.29. The van der Waals surface area contributed by atoms with E-state index in [1.165, 1.54) is 0 Å². The first kappa shape index (κ1) is 11.1. The summed E-state index contributed by atoms with van der Waals surface area (Å²) in [5.41, 5.74) is 8.23. The zero-order valence-corrected chi connectivity index (χ0v) is 8.70. The summed E-state index contributed by atoms with van der Waals surface area (Å²) in [7, 11) is 0. The molecule has 0 aliphatic rings. The number of primary amides is 1. The summed E-state index contributed by atoms with van der Waals surface area (Å²) in [6.45, 7) is 3.89. The normalized spacial score (nSPS) is 9.40. The molecule has 1 amide bonds. The minimum absolute atomic E-state index is 0.151. The minimum Gasteiger partial charge on any atom is -0.445 e. The van der Waals surface area contributed by atoms with Crippen LogP contribution in [0.5, 0.6) is 0 Å². The molecular weight excluding hydrogens is 192 g/mol. The van der Waals surface area contributed by atoms with Crippen molar-refractivity contribution in [1.29, 1.82) is 5.26 Å². The smallest absolute Gasteiger partial charge is 0.404 e. The number of aryl methyl sites for hydroxylation is 2. The van der Waals surface area contributed by atoms with Crippen LogP contribution in [0.4, 0.5) is 4.79 Å². The quantitative estimate of drug-likeness (QED) is 0.797. The number of nitrogens with two attached hydrogens (primary N) is 1. The Bertz CT molecular complexity index is 410. The third-order valence-electron chi connectivity index (χ3n) is 2.18. The van der Waals surface area contributed by atoms with E-state index < -0.39 is 6.09 Å². The third kappa shape index (κ3) is 2.71. The fourth-order valence-corrected chi connectivity index (χ4v) is 1.43. The molecule has 1 rings (SSSR count). The van der Waals surface area contributed by atoms with Gasteiger partial charge in [0.05, 0.1) is 11.6 Å². The summed E-state index contributed by atoms with van der Waals surface area (Å²) in [6, 6.07) is 5.58. The zero-order chi connectivity index (χ0) is 11.4. The van der Waals surface area contributed by atoms with Crippen molar-refractivity contribution >= 4 is 6.09 Å². The Morgan fingerprint density at radius 3 is 2.40 bits per heavy atom. The topological polar surface area (TPSA) is 76.1 Å². The number of hydrogen-bond donors (Lipinski definition) is 1. The first-order valence-corrected chi connectivity index (χ1v) is 4.47. The summed E-state index contributed by atoms with van der Waals surface area (Å²) in [6.07, 6.45) is -0.793. The molecule has 0 radical (unpaired) electrons. The molecule has 15 heavy (non-hydrogen) atoms. The van der Waals surface area contributed by atoms with Gasteiger partial charge < -0.3 is 10.5 Å². The van der Waals surface area contributed by atoms with Crippen LogP contribution < -0.4 is 5.73 Å². The fraction of sp³-hybridized carbons (Fsp3) is 0.273. The Morgan fingerprint density at radius 2 is 2.00 bits per heavy atom. The highest BCUT2D eigenvalue weighted by Crippen LogP contribution is 2.17. The molecule has 0 saturated heterocycles. The molecule has 2 N–H and O–H groups in total. The van der Waals surface area contributed by atoms with Gasteiger partial charge in [0.1, 0.15) is 6.61 Å². The van der Waals surface area contributed by atoms with Crippen molar-refractivity contribution in [3.8, 4) is 6.07 Å². The van der Waals surface area contributed by atoms with Crippen LogP contribution in [0, 0.1) is 25.2 Å². The summed E-state index contributed by atoms with van der Waals surface area (Å²) in [5.74, 6) is 0. The van der Waals surface area contributed by atoms with E-state index in [2.05, 4.69) is 6.07 Å². The molecule has 0 unspecified atom stereocenters. The Labute approximate surface area is 88.3 Å². The van der Waals surface area contributed by atoms with E-state index in [1.54, 1.807) is 12.1 Å². The van der Waals surface area contributed by atoms with Crippen LogP contribution in [0.15, 0.2) is 12.1 Å². The standard InChI is InChI=1S/C11H12N2O2/c1-7-3-9(5-12)4-8(2)10(7)6-15-11(13)14/h3-4H,6H2,1-2H3,(H2,13,14). The molecule has 0 aromatic heterocycles. The number of carbonyl (C=O) groups is 1. The molecule has 0 aliphatic carbocycles. The Balaban J connectivity index is 2.99. The Morgan fingerprint density at radius 1 is 1.47 bits per heavy atom. The second-order valence-electron chi connectivity index (χ2n) is 3.31. The maximum Gasteiger partial charge on any atom is 0.404 e. The van der Waals surface area contributed by atoms with Gasteiger partial charge in [0.2, 0.25) is 0 Å². The van der Waals surface area contributed by atoms with Crippen molar-refractivity contribution in [2.24, 2.45) is 5.73 Å². The molecule has 0 fully saturated rings. The second-order valence-corrected chi connectivity index (χ2v) is 3.31. The van der Waals surface area contributed by atoms with Crippen LogP contribution in [0.25, 0.3) is 0 Å². The van der Waals surface area contributed by atoms with Crippen LogP contribution in [-0.4, -0.2) is 6.09 Å². The summed E-state index contributed by atoms with van der Waals surface area (Å²) in [4.78, 5) is 10.5. The highest BCUT2D eigenvalue weighted by atomic mass is 16.5. The molecule has 1 aromatic carbocycles. The van der Waals surface area contributed by atoms with Gasteiger partial charge in [-0.25, -0.2) is 4.79 Å². The Hall–Kier alpha value is -2.02. The van der Waals surface area contributed by atoms with E-state index in [0.29, 0.717) is 5.56 Å². The van der Waals surface area contributed by atoms with Crippen molar-refractivity contribution < 1.29 is 9.53 Å². The number of hydrogen-bond acceptors (Lipinski definition) is 3. The first-order valence-electron chi connectivity index (χ1n) is 4.47.